The standard InChI is InChI=1S/C15H20N2O3/c1-15(2,11-16)8-3-9-19-14(18)10-20-13-6-4-12(17)5-7-13/h4-7H,3,8-10,17H2,1-2H3. The third-order valence-electron chi connectivity index (χ3n) is 2.75. The molecule has 1 rings (SSSR count). The van der Waals surface area contributed by atoms with Gasteiger partial charge >= 0.3 is 5.97 Å². The molecular weight excluding hydrogens is 256 g/mol. The molecule has 20 heavy (non-hydrogen) atoms. The second kappa shape index (κ2) is 7.39. The van der Waals surface area contributed by atoms with E-state index in [1.165, 1.54) is 0 Å². The predicted molar refractivity (Wildman–Crippen MR) is 75.9 cm³/mol. The van der Waals surface area contributed by atoms with Gasteiger partial charge in [0.15, 0.2) is 6.61 Å². The zero-order valence-electron chi connectivity index (χ0n) is 11.9. The van der Waals surface area contributed by atoms with Gasteiger partial charge in [-0.2, -0.15) is 5.26 Å². The maximum Gasteiger partial charge on any atom is 0.344 e. The zero-order valence-corrected chi connectivity index (χ0v) is 11.9. The molecule has 108 valence electrons. The molecule has 0 bridgehead atoms. The average Bonchev–Trinajstić information content (AvgIpc) is 2.43. The molecule has 0 aliphatic rings. The fourth-order valence-electron chi connectivity index (χ4n) is 1.50. The first-order valence-electron chi connectivity index (χ1n) is 6.48. The maximum atomic E-state index is 11.4. The minimum Gasteiger partial charge on any atom is -0.482 e. The number of nitrogen functional groups attached to an aromatic ring is 1. The number of ether oxygens (including phenoxy) is 2. The van der Waals surface area contributed by atoms with Crippen molar-refractivity contribution in [1.82, 2.24) is 0 Å². The number of nitrogens with zero attached hydrogens (tertiary/aromatic N) is 1. The number of esters is 1. The van der Waals surface area contributed by atoms with Crippen molar-refractivity contribution in [2.45, 2.75) is 26.7 Å². The highest BCUT2D eigenvalue weighted by atomic mass is 16.6. The number of hydrogen-bond acceptors (Lipinski definition) is 5. The molecule has 1 aromatic rings. The van der Waals surface area contributed by atoms with Crippen LogP contribution in [0.1, 0.15) is 26.7 Å². The first-order chi connectivity index (χ1) is 9.43. The van der Waals surface area contributed by atoms with Crippen LogP contribution in [0.3, 0.4) is 0 Å². The summed E-state index contributed by atoms with van der Waals surface area (Å²) in [6.07, 6.45) is 1.35. The molecule has 0 amide bonds. The second-order valence-corrected chi connectivity index (χ2v) is 5.18. The van der Waals surface area contributed by atoms with E-state index in [2.05, 4.69) is 6.07 Å². The van der Waals surface area contributed by atoms with Crippen LogP contribution in [0.5, 0.6) is 5.75 Å². The highest BCUT2D eigenvalue weighted by Gasteiger charge is 2.16. The van der Waals surface area contributed by atoms with Crippen LogP contribution in [0, 0.1) is 16.7 Å². The Bertz CT molecular complexity index is 475. The Hall–Kier alpha value is -2.22. The molecule has 0 saturated heterocycles. The number of rotatable bonds is 7. The fraction of sp³-hybridized carbons (Fsp3) is 0.467. The first kappa shape index (κ1) is 15.8. The van der Waals surface area contributed by atoms with Crippen LogP contribution >= 0.6 is 0 Å². The molecule has 0 aliphatic carbocycles. The van der Waals surface area contributed by atoms with Gasteiger partial charge in [-0.15, -0.1) is 0 Å². The van der Waals surface area contributed by atoms with Crippen LogP contribution in [-0.2, 0) is 9.53 Å². The quantitative estimate of drug-likeness (QED) is 0.470. The summed E-state index contributed by atoms with van der Waals surface area (Å²) >= 11 is 0. The third-order valence-corrected chi connectivity index (χ3v) is 2.75. The van der Waals surface area contributed by atoms with Crippen LogP contribution in [0.25, 0.3) is 0 Å². The number of carbonyl (C=O) groups excluding carboxylic acids is 1. The molecule has 2 N–H and O–H groups in total. The van der Waals surface area contributed by atoms with Crippen LogP contribution in [0.15, 0.2) is 24.3 Å². The van der Waals surface area contributed by atoms with E-state index in [0.717, 1.165) is 0 Å². The Labute approximate surface area is 119 Å². The summed E-state index contributed by atoms with van der Waals surface area (Å²) in [6, 6.07) is 8.99. The fourth-order valence-corrected chi connectivity index (χ4v) is 1.50. The van der Waals surface area contributed by atoms with Crippen molar-refractivity contribution in [3.05, 3.63) is 24.3 Å². The van der Waals surface area contributed by atoms with E-state index in [0.29, 0.717) is 30.9 Å². The molecule has 0 saturated carbocycles. The van der Waals surface area contributed by atoms with Gasteiger partial charge < -0.3 is 15.2 Å². The van der Waals surface area contributed by atoms with Crippen LogP contribution in [0.2, 0.25) is 0 Å². The molecule has 0 heterocycles. The topological polar surface area (TPSA) is 85.3 Å². The second-order valence-electron chi connectivity index (χ2n) is 5.18. The molecule has 5 nitrogen and oxygen atoms in total. The van der Waals surface area contributed by atoms with Crippen molar-refractivity contribution >= 4 is 11.7 Å². The lowest BCUT2D eigenvalue weighted by molar-refractivity contribution is -0.146. The number of benzene rings is 1. The van der Waals surface area contributed by atoms with E-state index in [1.54, 1.807) is 24.3 Å². The zero-order chi connectivity index (χ0) is 15.0. The van der Waals surface area contributed by atoms with Crippen LogP contribution < -0.4 is 10.5 Å². The average molecular weight is 276 g/mol. The largest absolute Gasteiger partial charge is 0.482 e. The molecule has 0 atom stereocenters. The van der Waals surface area contributed by atoms with Gasteiger partial charge in [0, 0.05) is 5.69 Å². The van der Waals surface area contributed by atoms with E-state index in [-0.39, 0.29) is 12.0 Å². The Kier molecular flexibility index (Phi) is 5.85. The summed E-state index contributed by atoms with van der Waals surface area (Å²) in [4.78, 5) is 11.4. The van der Waals surface area contributed by atoms with Crippen molar-refractivity contribution in [3.63, 3.8) is 0 Å². The molecule has 5 heteroatoms. The number of nitrogens with two attached hydrogens (primary N) is 1. The molecule has 0 spiro atoms. The van der Waals surface area contributed by atoms with Crippen LogP contribution in [0.4, 0.5) is 5.69 Å². The van der Waals surface area contributed by atoms with Gasteiger partial charge in [0.05, 0.1) is 18.1 Å². The molecule has 0 fully saturated rings. The van der Waals surface area contributed by atoms with Crippen LogP contribution in [-0.4, -0.2) is 19.2 Å². The Morgan fingerprint density at radius 2 is 2.00 bits per heavy atom. The van der Waals surface area contributed by atoms with Gasteiger partial charge in [0.25, 0.3) is 0 Å². The predicted octanol–water partition coefficient (Wildman–Crippen LogP) is 2.52. The number of nitriles is 1. The van der Waals surface area contributed by atoms with Crippen molar-refractivity contribution in [3.8, 4) is 11.8 Å². The van der Waals surface area contributed by atoms with Gasteiger partial charge in [0.1, 0.15) is 5.75 Å². The Morgan fingerprint density at radius 3 is 2.60 bits per heavy atom. The van der Waals surface area contributed by atoms with E-state index >= 15 is 0 Å². The van der Waals surface area contributed by atoms with Gasteiger partial charge in [0.2, 0.25) is 0 Å². The van der Waals surface area contributed by atoms with Gasteiger partial charge in [-0.1, -0.05) is 0 Å². The summed E-state index contributed by atoms with van der Waals surface area (Å²) in [6.45, 7) is 3.89. The molecule has 0 aliphatic heterocycles. The summed E-state index contributed by atoms with van der Waals surface area (Å²) in [5.74, 6) is 0.151. The monoisotopic (exact) mass is 276 g/mol. The van der Waals surface area contributed by atoms with E-state index in [4.69, 9.17) is 20.5 Å². The van der Waals surface area contributed by atoms with Crippen molar-refractivity contribution < 1.29 is 14.3 Å². The van der Waals surface area contributed by atoms with E-state index in [9.17, 15) is 4.79 Å². The highest BCUT2D eigenvalue weighted by Crippen LogP contribution is 2.20. The minimum atomic E-state index is -0.420. The Balaban J connectivity index is 2.18. The Morgan fingerprint density at radius 1 is 1.35 bits per heavy atom. The smallest absolute Gasteiger partial charge is 0.344 e. The van der Waals surface area contributed by atoms with Gasteiger partial charge in [-0.3, -0.25) is 0 Å². The molecule has 1 aromatic carbocycles. The lowest BCUT2D eigenvalue weighted by Gasteiger charge is -2.14. The summed E-state index contributed by atoms with van der Waals surface area (Å²) in [5, 5.41) is 8.85. The molecule has 0 radical (unpaired) electrons. The normalized spacial score (nSPS) is 10.7. The van der Waals surface area contributed by atoms with Crippen molar-refractivity contribution in [2.75, 3.05) is 18.9 Å². The van der Waals surface area contributed by atoms with E-state index < -0.39 is 5.97 Å². The number of anilines is 1. The maximum absolute atomic E-state index is 11.4. The van der Waals surface area contributed by atoms with E-state index in [1.807, 2.05) is 13.8 Å². The highest BCUT2D eigenvalue weighted by molar-refractivity contribution is 5.71. The van der Waals surface area contributed by atoms with Gasteiger partial charge in [-0.25, -0.2) is 4.79 Å². The van der Waals surface area contributed by atoms with Gasteiger partial charge in [-0.05, 0) is 51.0 Å². The van der Waals surface area contributed by atoms with Crippen molar-refractivity contribution in [1.29, 1.82) is 5.26 Å². The lowest BCUT2D eigenvalue weighted by atomic mass is 9.90. The molecular formula is C15H20N2O3. The summed E-state index contributed by atoms with van der Waals surface area (Å²) in [7, 11) is 0. The number of hydrogen-bond donors (Lipinski definition) is 1. The molecule has 0 aromatic heterocycles. The minimum absolute atomic E-state index is 0.133. The number of carbonyl (C=O) groups is 1. The first-order valence-corrected chi connectivity index (χ1v) is 6.48. The summed E-state index contributed by atoms with van der Waals surface area (Å²) in [5.41, 5.74) is 5.80. The van der Waals surface area contributed by atoms with Crippen molar-refractivity contribution in [2.24, 2.45) is 5.41 Å². The SMILES string of the molecule is CC(C)(C#N)CCCOC(=O)COc1ccc(N)cc1. The third kappa shape index (κ3) is 6.10. The lowest BCUT2D eigenvalue weighted by Crippen LogP contribution is -2.16. The molecule has 0 unspecified atom stereocenters. The summed E-state index contributed by atoms with van der Waals surface area (Å²) < 4.78 is 10.3.